The summed E-state index contributed by atoms with van der Waals surface area (Å²) in [5.74, 6) is -1.83. The molecule has 0 fully saturated rings. The monoisotopic (exact) mass is 275 g/mol. The lowest BCUT2D eigenvalue weighted by Gasteiger charge is -2.26. The highest BCUT2D eigenvalue weighted by Gasteiger charge is 2.27. The zero-order valence-corrected chi connectivity index (χ0v) is 10.4. The van der Waals surface area contributed by atoms with Crippen molar-refractivity contribution in [2.45, 2.75) is 6.10 Å². The molecule has 0 saturated heterocycles. The molecule has 0 aliphatic carbocycles. The molecule has 2 aromatic rings. The highest BCUT2D eigenvalue weighted by atomic mass is 19.2. The standard InChI is InChI=1S/C15H11F2NO2/c16-10-6-5-9(7-11(10)17)15(19)14-8-18-12-3-1-2-4-13(12)20-14/h1-7,14,18H,8H2. The number of anilines is 1. The normalized spacial score (nSPS) is 16.8. The molecular formula is C15H11F2NO2. The Morgan fingerprint density at radius 3 is 2.75 bits per heavy atom. The maximum Gasteiger partial charge on any atom is 0.205 e. The van der Waals surface area contributed by atoms with E-state index in [-0.39, 0.29) is 17.9 Å². The summed E-state index contributed by atoms with van der Waals surface area (Å²) in [5, 5.41) is 3.08. The van der Waals surface area contributed by atoms with Gasteiger partial charge in [0.15, 0.2) is 17.7 Å². The van der Waals surface area contributed by atoms with Gasteiger partial charge in [-0.15, -0.1) is 0 Å². The van der Waals surface area contributed by atoms with E-state index in [2.05, 4.69) is 5.32 Å². The maximum absolute atomic E-state index is 13.2. The Morgan fingerprint density at radius 2 is 1.95 bits per heavy atom. The lowest BCUT2D eigenvalue weighted by Crippen LogP contribution is -2.37. The van der Waals surface area contributed by atoms with Crippen LogP contribution in [0.3, 0.4) is 0 Å². The first-order valence-corrected chi connectivity index (χ1v) is 6.14. The number of carbonyl (C=O) groups is 1. The van der Waals surface area contributed by atoms with Crippen molar-refractivity contribution >= 4 is 11.5 Å². The number of ether oxygens (including phenoxy) is 1. The molecule has 0 amide bonds. The molecule has 0 aromatic heterocycles. The molecule has 0 bridgehead atoms. The molecule has 1 atom stereocenters. The molecule has 0 radical (unpaired) electrons. The van der Waals surface area contributed by atoms with E-state index in [0.29, 0.717) is 5.75 Å². The lowest BCUT2D eigenvalue weighted by atomic mass is 10.0. The number of nitrogens with one attached hydrogen (secondary N) is 1. The minimum Gasteiger partial charge on any atom is -0.478 e. The van der Waals surface area contributed by atoms with Crippen LogP contribution in [-0.2, 0) is 0 Å². The van der Waals surface area contributed by atoms with Gasteiger partial charge in [0.2, 0.25) is 5.78 Å². The fraction of sp³-hybridized carbons (Fsp3) is 0.133. The van der Waals surface area contributed by atoms with Crippen molar-refractivity contribution in [1.29, 1.82) is 0 Å². The average Bonchev–Trinajstić information content (AvgIpc) is 2.49. The van der Waals surface area contributed by atoms with Crippen molar-refractivity contribution in [3.05, 3.63) is 59.7 Å². The topological polar surface area (TPSA) is 38.3 Å². The van der Waals surface area contributed by atoms with E-state index in [9.17, 15) is 13.6 Å². The summed E-state index contributed by atoms with van der Waals surface area (Å²) in [6.07, 6.45) is -0.755. The van der Waals surface area contributed by atoms with Crippen molar-refractivity contribution in [2.75, 3.05) is 11.9 Å². The first-order chi connectivity index (χ1) is 9.65. The van der Waals surface area contributed by atoms with Gasteiger partial charge >= 0.3 is 0 Å². The molecule has 102 valence electrons. The minimum atomic E-state index is -1.04. The average molecular weight is 275 g/mol. The fourth-order valence-electron chi connectivity index (χ4n) is 2.09. The quantitative estimate of drug-likeness (QED) is 0.856. The van der Waals surface area contributed by atoms with Crippen LogP contribution < -0.4 is 10.1 Å². The summed E-state index contributed by atoms with van der Waals surface area (Å²) in [5.41, 5.74) is 0.900. The van der Waals surface area contributed by atoms with Crippen molar-refractivity contribution in [3.8, 4) is 5.75 Å². The molecule has 1 N–H and O–H groups in total. The highest BCUT2D eigenvalue weighted by Crippen LogP contribution is 2.29. The molecule has 3 nitrogen and oxygen atoms in total. The van der Waals surface area contributed by atoms with E-state index in [4.69, 9.17) is 4.74 Å². The SMILES string of the molecule is O=C(c1ccc(F)c(F)c1)C1CNc2ccccc2O1. The molecule has 1 heterocycles. The summed E-state index contributed by atoms with van der Waals surface area (Å²) in [6.45, 7) is 0.287. The van der Waals surface area contributed by atoms with Gasteiger partial charge in [-0.05, 0) is 30.3 Å². The molecule has 20 heavy (non-hydrogen) atoms. The Labute approximate surface area is 114 Å². The summed E-state index contributed by atoms with van der Waals surface area (Å²) in [6, 6.07) is 10.3. The highest BCUT2D eigenvalue weighted by molar-refractivity contribution is 6.00. The van der Waals surface area contributed by atoms with Crippen LogP contribution in [0.4, 0.5) is 14.5 Å². The Hall–Kier alpha value is -2.43. The van der Waals surface area contributed by atoms with Crippen LogP contribution in [-0.4, -0.2) is 18.4 Å². The zero-order valence-electron chi connectivity index (χ0n) is 10.4. The van der Waals surface area contributed by atoms with E-state index in [0.717, 1.165) is 17.8 Å². The van der Waals surface area contributed by atoms with Gasteiger partial charge in [-0.25, -0.2) is 8.78 Å². The number of ketones is 1. The van der Waals surface area contributed by atoms with Gasteiger partial charge in [-0.3, -0.25) is 4.79 Å². The predicted octanol–water partition coefficient (Wildman–Crippen LogP) is 3.02. The minimum absolute atomic E-state index is 0.0927. The summed E-state index contributed by atoms with van der Waals surface area (Å²) >= 11 is 0. The largest absolute Gasteiger partial charge is 0.478 e. The van der Waals surface area contributed by atoms with Crippen LogP contribution in [0.1, 0.15) is 10.4 Å². The number of hydrogen-bond donors (Lipinski definition) is 1. The number of hydrogen-bond acceptors (Lipinski definition) is 3. The number of fused-ring (bicyclic) bond motifs is 1. The third-order valence-electron chi connectivity index (χ3n) is 3.13. The zero-order chi connectivity index (χ0) is 14.1. The first-order valence-electron chi connectivity index (χ1n) is 6.14. The number of para-hydroxylation sites is 2. The Morgan fingerprint density at radius 1 is 1.15 bits per heavy atom. The van der Waals surface area contributed by atoms with Gasteiger partial charge in [0.25, 0.3) is 0 Å². The van der Waals surface area contributed by atoms with Crippen LogP contribution in [0.25, 0.3) is 0 Å². The van der Waals surface area contributed by atoms with Crippen LogP contribution >= 0.6 is 0 Å². The van der Waals surface area contributed by atoms with E-state index >= 15 is 0 Å². The number of Topliss-reactive ketones (excluding diaryl/α,β-unsaturated/α-hetero) is 1. The van der Waals surface area contributed by atoms with Crippen LogP contribution in [0, 0.1) is 11.6 Å². The summed E-state index contributed by atoms with van der Waals surface area (Å²) in [4.78, 5) is 12.2. The van der Waals surface area contributed by atoms with Gasteiger partial charge < -0.3 is 10.1 Å². The molecule has 0 spiro atoms. The number of rotatable bonds is 2. The fourth-order valence-corrected chi connectivity index (χ4v) is 2.09. The van der Waals surface area contributed by atoms with E-state index in [1.54, 1.807) is 12.1 Å². The molecule has 1 unspecified atom stereocenters. The van der Waals surface area contributed by atoms with Crippen molar-refractivity contribution in [3.63, 3.8) is 0 Å². The maximum atomic E-state index is 13.2. The second kappa shape index (κ2) is 4.92. The van der Waals surface area contributed by atoms with E-state index in [1.807, 2.05) is 12.1 Å². The molecular weight excluding hydrogens is 264 g/mol. The second-order valence-electron chi connectivity index (χ2n) is 4.48. The third-order valence-corrected chi connectivity index (χ3v) is 3.13. The number of benzene rings is 2. The molecule has 1 aliphatic heterocycles. The smallest absolute Gasteiger partial charge is 0.205 e. The first kappa shape index (κ1) is 12.6. The lowest BCUT2D eigenvalue weighted by molar-refractivity contribution is 0.0801. The Kier molecular flexibility index (Phi) is 3.10. The van der Waals surface area contributed by atoms with Gasteiger partial charge in [-0.2, -0.15) is 0 Å². The molecule has 0 saturated carbocycles. The number of carbonyl (C=O) groups excluding carboxylic acids is 1. The summed E-state index contributed by atoms with van der Waals surface area (Å²) in [7, 11) is 0. The van der Waals surface area contributed by atoms with Crippen molar-refractivity contribution in [1.82, 2.24) is 0 Å². The van der Waals surface area contributed by atoms with Crippen LogP contribution in [0.15, 0.2) is 42.5 Å². The van der Waals surface area contributed by atoms with Crippen molar-refractivity contribution in [2.24, 2.45) is 0 Å². The summed E-state index contributed by atoms with van der Waals surface area (Å²) < 4.78 is 31.6. The van der Waals surface area contributed by atoms with Crippen molar-refractivity contribution < 1.29 is 18.3 Å². The Bertz CT molecular complexity index is 673. The molecule has 3 rings (SSSR count). The predicted molar refractivity (Wildman–Crippen MR) is 70.0 cm³/mol. The molecule has 2 aromatic carbocycles. The number of halogens is 2. The van der Waals surface area contributed by atoms with Gasteiger partial charge in [-0.1, -0.05) is 12.1 Å². The van der Waals surface area contributed by atoms with Gasteiger partial charge in [0, 0.05) is 5.56 Å². The van der Waals surface area contributed by atoms with Crippen LogP contribution in [0.2, 0.25) is 0 Å². The van der Waals surface area contributed by atoms with Gasteiger partial charge in [0.05, 0.1) is 12.2 Å². The molecule has 1 aliphatic rings. The second-order valence-corrected chi connectivity index (χ2v) is 4.48. The Balaban J connectivity index is 1.84. The van der Waals surface area contributed by atoms with Gasteiger partial charge in [0.1, 0.15) is 5.75 Å². The molecule has 5 heteroatoms. The van der Waals surface area contributed by atoms with E-state index < -0.39 is 17.7 Å². The van der Waals surface area contributed by atoms with E-state index in [1.165, 1.54) is 6.07 Å². The third kappa shape index (κ3) is 2.22. The van der Waals surface area contributed by atoms with Crippen LogP contribution in [0.5, 0.6) is 5.75 Å².